The summed E-state index contributed by atoms with van der Waals surface area (Å²) < 4.78 is 10.6. The number of unbranched alkanes of at least 4 members (excludes halogenated alkanes) is 8. The first-order chi connectivity index (χ1) is 13.0. The standard InChI is InChI=1S/C23H44O4/c1-5-6-7-14-17-22(24)18-15-12-10-8-9-11-13-16-19-23(25)27-21(4)26-20(2)3/h12,15,20-22,24H,5-11,13-14,16-19H2,1-4H3/b15-12-/t21?,22-/m1/s1. The zero-order valence-corrected chi connectivity index (χ0v) is 18.3. The molecule has 0 saturated heterocycles. The van der Waals surface area contributed by atoms with E-state index in [0.29, 0.717) is 6.42 Å². The summed E-state index contributed by atoms with van der Waals surface area (Å²) in [5.74, 6) is -0.167. The molecule has 0 aliphatic heterocycles. The Morgan fingerprint density at radius 3 is 2.30 bits per heavy atom. The first kappa shape index (κ1) is 26.1. The van der Waals surface area contributed by atoms with Crippen LogP contribution in [0.2, 0.25) is 0 Å². The zero-order chi connectivity index (χ0) is 20.3. The summed E-state index contributed by atoms with van der Waals surface area (Å²) in [6, 6.07) is 0. The third kappa shape index (κ3) is 19.7. The smallest absolute Gasteiger partial charge is 0.308 e. The minimum Gasteiger partial charge on any atom is -0.436 e. The molecule has 0 aromatic carbocycles. The average molecular weight is 385 g/mol. The fourth-order valence-electron chi connectivity index (χ4n) is 3.01. The van der Waals surface area contributed by atoms with Crippen molar-refractivity contribution < 1.29 is 19.4 Å². The number of hydrogen-bond donors (Lipinski definition) is 1. The van der Waals surface area contributed by atoms with Gasteiger partial charge in [0.2, 0.25) is 0 Å². The summed E-state index contributed by atoms with van der Waals surface area (Å²) in [6.07, 6.45) is 17.4. The van der Waals surface area contributed by atoms with E-state index in [4.69, 9.17) is 9.47 Å². The average Bonchev–Trinajstić information content (AvgIpc) is 2.59. The first-order valence-electron chi connectivity index (χ1n) is 11.1. The van der Waals surface area contributed by atoms with Crippen molar-refractivity contribution in [1.29, 1.82) is 0 Å². The number of carbonyl (C=O) groups is 1. The molecule has 160 valence electrons. The Bertz CT molecular complexity index is 365. The van der Waals surface area contributed by atoms with Gasteiger partial charge in [-0.1, -0.05) is 64.0 Å². The van der Waals surface area contributed by atoms with Crippen LogP contribution in [0.5, 0.6) is 0 Å². The molecule has 4 nitrogen and oxygen atoms in total. The lowest BCUT2D eigenvalue weighted by Gasteiger charge is -2.16. The minimum atomic E-state index is -0.459. The van der Waals surface area contributed by atoms with Crippen molar-refractivity contribution in [3.63, 3.8) is 0 Å². The molecule has 4 heteroatoms. The Morgan fingerprint density at radius 1 is 0.926 bits per heavy atom. The van der Waals surface area contributed by atoms with Crippen molar-refractivity contribution in [3.8, 4) is 0 Å². The summed E-state index contributed by atoms with van der Waals surface area (Å²) in [5, 5.41) is 9.89. The van der Waals surface area contributed by atoms with E-state index in [0.717, 1.165) is 44.9 Å². The van der Waals surface area contributed by atoms with Gasteiger partial charge in [-0.05, 0) is 52.9 Å². The van der Waals surface area contributed by atoms with Gasteiger partial charge in [-0.3, -0.25) is 4.79 Å². The summed E-state index contributed by atoms with van der Waals surface area (Å²) in [7, 11) is 0. The number of rotatable bonds is 18. The van der Waals surface area contributed by atoms with Crippen molar-refractivity contribution in [2.45, 2.75) is 130 Å². The van der Waals surface area contributed by atoms with Crippen LogP contribution in [0, 0.1) is 0 Å². The maximum absolute atomic E-state index is 11.7. The SMILES string of the molecule is CCCCCC[C@@H](O)C/C=C\CCCCCCCC(=O)OC(C)OC(C)C. The van der Waals surface area contributed by atoms with E-state index in [9.17, 15) is 9.90 Å². The molecule has 0 aliphatic carbocycles. The van der Waals surface area contributed by atoms with Gasteiger partial charge >= 0.3 is 5.97 Å². The summed E-state index contributed by atoms with van der Waals surface area (Å²) in [5.41, 5.74) is 0. The van der Waals surface area contributed by atoms with Gasteiger partial charge in [0, 0.05) is 6.42 Å². The van der Waals surface area contributed by atoms with Crippen LogP contribution in [0.3, 0.4) is 0 Å². The summed E-state index contributed by atoms with van der Waals surface area (Å²) in [6.45, 7) is 7.82. The number of esters is 1. The Kier molecular flexibility index (Phi) is 17.9. The molecule has 0 fully saturated rings. The van der Waals surface area contributed by atoms with E-state index in [2.05, 4.69) is 19.1 Å². The quantitative estimate of drug-likeness (QED) is 0.130. The Balaban J connectivity index is 3.42. The van der Waals surface area contributed by atoms with Gasteiger partial charge in [-0.25, -0.2) is 0 Å². The monoisotopic (exact) mass is 384 g/mol. The lowest BCUT2D eigenvalue weighted by atomic mass is 10.1. The number of ether oxygens (including phenoxy) is 2. The fraction of sp³-hybridized carbons (Fsp3) is 0.870. The third-order valence-corrected chi connectivity index (χ3v) is 4.48. The van der Waals surface area contributed by atoms with E-state index in [-0.39, 0.29) is 18.2 Å². The molecule has 0 bridgehead atoms. The highest BCUT2D eigenvalue weighted by Gasteiger charge is 2.10. The molecule has 0 aliphatic rings. The normalized spacial score (nSPS) is 14.0. The third-order valence-electron chi connectivity index (χ3n) is 4.48. The Hall–Kier alpha value is -0.870. The van der Waals surface area contributed by atoms with Crippen LogP contribution in [0.4, 0.5) is 0 Å². The molecule has 0 saturated carbocycles. The predicted octanol–water partition coefficient (Wildman–Crippen LogP) is 6.31. The molecule has 1 N–H and O–H groups in total. The lowest BCUT2D eigenvalue weighted by molar-refractivity contribution is -0.181. The van der Waals surface area contributed by atoms with Gasteiger partial charge in [0.05, 0.1) is 12.2 Å². The molecule has 27 heavy (non-hydrogen) atoms. The maximum atomic E-state index is 11.7. The van der Waals surface area contributed by atoms with E-state index in [1.54, 1.807) is 6.92 Å². The van der Waals surface area contributed by atoms with Crippen molar-refractivity contribution in [3.05, 3.63) is 12.2 Å². The van der Waals surface area contributed by atoms with Crippen LogP contribution in [0.25, 0.3) is 0 Å². The number of aliphatic hydroxyl groups excluding tert-OH is 1. The van der Waals surface area contributed by atoms with Gasteiger partial charge in [-0.2, -0.15) is 0 Å². The van der Waals surface area contributed by atoms with Gasteiger partial charge < -0.3 is 14.6 Å². The maximum Gasteiger partial charge on any atom is 0.308 e. The van der Waals surface area contributed by atoms with Crippen LogP contribution in [0.15, 0.2) is 12.2 Å². The van der Waals surface area contributed by atoms with Crippen LogP contribution in [-0.2, 0) is 14.3 Å². The van der Waals surface area contributed by atoms with Gasteiger partial charge in [0.1, 0.15) is 0 Å². The Morgan fingerprint density at radius 2 is 1.59 bits per heavy atom. The highest BCUT2D eigenvalue weighted by atomic mass is 16.7. The van der Waals surface area contributed by atoms with Crippen LogP contribution >= 0.6 is 0 Å². The molecular formula is C23H44O4. The second kappa shape index (κ2) is 18.5. The summed E-state index contributed by atoms with van der Waals surface area (Å²) >= 11 is 0. The molecule has 0 aromatic rings. The topological polar surface area (TPSA) is 55.8 Å². The van der Waals surface area contributed by atoms with E-state index in [1.807, 2.05) is 13.8 Å². The van der Waals surface area contributed by atoms with Gasteiger partial charge in [0.25, 0.3) is 0 Å². The van der Waals surface area contributed by atoms with Crippen molar-refractivity contribution in [2.75, 3.05) is 0 Å². The molecule has 1 unspecified atom stereocenters. The number of allylic oxidation sites excluding steroid dienone is 1. The van der Waals surface area contributed by atoms with Crippen molar-refractivity contribution in [2.24, 2.45) is 0 Å². The number of carbonyl (C=O) groups excluding carboxylic acids is 1. The molecule has 0 spiro atoms. The largest absolute Gasteiger partial charge is 0.436 e. The minimum absolute atomic E-state index is 0.0657. The molecule has 0 radical (unpaired) electrons. The van der Waals surface area contributed by atoms with E-state index >= 15 is 0 Å². The molecule has 0 aromatic heterocycles. The lowest BCUT2D eigenvalue weighted by Crippen LogP contribution is -2.21. The molecule has 0 rings (SSSR count). The molecular weight excluding hydrogens is 340 g/mol. The highest BCUT2D eigenvalue weighted by Crippen LogP contribution is 2.11. The Labute approximate surface area is 167 Å². The second-order valence-corrected chi connectivity index (χ2v) is 7.76. The van der Waals surface area contributed by atoms with Crippen LogP contribution < -0.4 is 0 Å². The van der Waals surface area contributed by atoms with Crippen LogP contribution in [-0.4, -0.2) is 29.6 Å². The van der Waals surface area contributed by atoms with E-state index < -0.39 is 6.29 Å². The van der Waals surface area contributed by atoms with Gasteiger partial charge in [-0.15, -0.1) is 0 Å². The van der Waals surface area contributed by atoms with Gasteiger partial charge in [0.15, 0.2) is 6.29 Å². The number of hydrogen-bond acceptors (Lipinski definition) is 4. The molecule has 2 atom stereocenters. The summed E-state index contributed by atoms with van der Waals surface area (Å²) in [4.78, 5) is 11.7. The zero-order valence-electron chi connectivity index (χ0n) is 18.3. The van der Waals surface area contributed by atoms with E-state index in [1.165, 1.54) is 32.1 Å². The fourth-order valence-corrected chi connectivity index (χ4v) is 3.01. The molecule has 0 amide bonds. The van der Waals surface area contributed by atoms with Crippen molar-refractivity contribution >= 4 is 5.97 Å². The number of aliphatic hydroxyl groups is 1. The highest BCUT2D eigenvalue weighted by molar-refractivity contribution is 5.69. The first-order valence-corrected chi connectivity index (χ1v) is 11.1. The molecule has 0 heterocycles. The second-order valence-electron chi connectivity index (χ2n) is 7.76. The van der Waals surface area contributed by atoms with Crippen LogP contribution in [0.1, 0.15) is 111 Å². The predicted molar refractivity (Wildman–Crippen MR) is 113 cm³/mol. The van der Waals surface area contributed by atoms with Crippen molar-refractivity contribution in [1.82, 2.24) is 0 Å².